The molecule has 112 valence electrons. The lowest BCUT2D eigenvalue weighted by atomic mass is 10.1. The highest BCUT2D eigenvalue weighted by atomic mass is 31.2. The number of hydrogen-bond acceptors (Lipinski definition) is 3. The van der Waals surface area contributed by atoms with Gasteiger partial charge in [-0.25, -0.2) is 4.57 Å². The van der Waals surface area contributed by atoms with Crippen molar-refractivity contribution in [2.45, 2.75) is 59.3 Å². The van der Waals surface area contributed by atoms with E-state index in [1.807, 2.05) is 13.8 Å². The Hall–Kier alpha value is 0.0700. The molecule has 0 amide bonds. The molecule has 0 heterocycles. The molecule has 0 aliphatic carbocycles. The van der Waals surface area contributed by atoms with Gasteiger partial charge >= 0.3 is 7.82 Å². The van der Waals surface area contributed by atoms with Crippen molar-refractivity contribution < 1.29 is 23.6 Å². The van der Waals surface area contributed by atoms with Crippen LogP contribution in [0.1, 0.15) is 59.3 Å². The smallest absolute Gasteiger partial charge is 0.382 e. The third-order valence-electron chi connectivity index (χ3n) is 2.17. The summed E-state index contributed by atoms with van der Waals surface area (Å²) >= 11 is 0. The van der Waals surface area contributed by atoms with Crippen LogP contribution in [0, 0.1) is 0 Å². The zero-order valence-electron chi connectivity index (χ0n) is 11.9. The van der Waals surface area contributed by atoms with E-state index in [1.54, 1.807) is 0 Å². The first-order valence-electron chi connectivity index (χ1n) is 6.75. The lowest BCUT2D eigenvalue weighted by Gasteiger charge is -2.04. The quantitative estimate of drug-likeness (QED) is 0.474. The minimum Gasteiger partial charge on any atom is -0.382 e. The van der Waals surface area contributed by atoms with Crippen LogP contribution in [-0.4, -0.2) is 29.6 Å². The van der Waals surface area contributed by atoms with Crippen LogP contribution in [0.4, 0.5) is 0 Å². The number of phosphoric acid groups is 1. The molecule has 0 rings (SSSR count). The Morgan fingerprint density at radius 2 is 1.39 bits per heavy atom. The summed E-state index contributed by atoms with van der Waals surface area (Å²) in [4.78, 5) is 16.7. The SMILES string of the molecule is CCCCCCCCOP(=O)(O)O.CCOCC. The highest BCUT2D eigenvalue weighted by Gasteiger charge is 2.12. The predicted octanol–water partition coefficient (Wildman–Crippen LogP) is 3.50. The second-order valence-electron chi connectivity index (χ2n) is 3.87. The van der Waals surface area contributed by atoms with Crippen molar-refractivity contribution in [3.8, 4) is 0 Å². The van der Waals surface area contributed by atoms with E-state index in [0.717, 1.165) is 32.5 Å². The monoisotopic (exact) mass is 284 g/mol. The Kier molecular flexibility index (Phi) is 17.1. The maximum absolute atomic E-state index is 10.2. The largest absolute Gasteiger partial charge is 0.469 e. The van der Waals surface area contributed by atoms with Crippen LogP contribution >= 0.6 is 7.82 Å². The minimum atomic E-state index is -4.23. The van der Waals surface area contributed by atoms with Gasteiger partial charge in [0, 0.05) is 13.2 Å². The van der Waals surface area contributed by atoms with E-state index in [2.05, 4.69) is 11.4 Å². The lowest BCUT2D eigenvalue weighted by molar-refractivity contribution is 0.162. The topological polar surface area (TPSA) is 76.0 Å². The normalized spacial score (nSPS) is 10.9. The van der Waals surface area contributed by atoms with Gasteiger partial charge in [-0.05, 0) is 20.3 Å². The van der Waals surface area contributed by atoms with Gasteiger partial charge in [0.1, 0.15) is 0 Å². The number of ether oxygens (including phenoxy) is 1. The van der Waals surface area contributed by atoms with E-state index in [0.29, 0.717) is 0 Å². The molecule has 18 heavy (non-hydrogen) atoms. The molecule has 0 bridgehead atoms. The summed E-state index contributed by atoms with van der Waals surface area (Å²) in [7, 11) is -4.23. The van der Waals surface area contributed by atoms with Crippen molar-refractivity contribution in [2.24, 2.45) is 0 Å². The summed E-state index contributed by atoms with van der Waals surface area (Å²) in [6.07, 6.45) is 6.48. The standard InChI is InChI=1S/C8H19O4P.C4H10O/c1-2-3-4-5-6-7-8-12-13(9,10)11;1-3-5-4-2/h2-8H2,1H3,(H2,9,10,11);3-4H2,1-2H3. The maximum atomic E-state index is 10.2. The molecule has 6 heteroatoms. The lowest BCUT2D eigenvalue weighted by Crippen LogP contribution is -1.92. The molecule has 2 N–H and O–H groups in total. The first-order valence-corrected chi connectivity index (χ1v) is 8.28. The third-order valence-corrected chi connectivity index (χ3v) is 2.68. The van der Waals surface area contributed by atoms with Crippen LogP contribution in [0.5, 0.6) is 0 Å². The van der Waals surface area contributed by atoms with Crippen molar-refractivity contribution in [1.29, 1.82) is 0 Å². The van der Waals surface area contributed by atoms with Crippen LogP contribution in [0.3, 0.4) is 0 Å². The van der Waals surface area contributed by atoms with Crippen molar-refractivity contribution in [2.75, 3.05) is 19.8 Å². The summed E-state index contributed by atoms with van der Waals surface area (Å²) in [6.45, 7) is 7.98. The Morgan fingerprint density at radius 1 is 0.889 bits per heavy atom. The van der Waals surface area contributed by atoms with Gasteiger partial charge in [-0.3, -0.25) is 4.52 Å². The Morgan fingerprint density at radius 3 is 1.78 bits per heavy atom. The second-order valence-corrected chi connectivity index (χ2v) is 5.11. The fraction of sp³-hybridized carbons (Fsp3) is 1.00. The number of rotatable bonds is 10. The van der Waals surface area contributed by atoms with E-state index < -0.39 is 7.82 Å². The summed E-state index contributed by atoms with van der Waals surface area (Å²) in [6, 6.07) is 0. The summed E-state index contributed by atoms with van der Waals surface area (Å²) < 4.78 is 19.4. The molecule has 0 aromatic heterocycles. The van der Waals surface area contributed by atoms with Crippen LogP contribution in [0.25, 0.3) is 0 Å². The van der Waals surface area contributed by atoms with Gasteiger partial charge in [-0.1, -0.05) is 39.0 Å². The molecular formula is C12H29O5P. The maximum Gasteiger partial charge on any atom is 0.469 e. The molecule has 0 aromatic carbocycles. The molecule has 0 fully saturated rings. The number of hydrogen-bond donors (Lipinski definition) is 2. The molecule has 0 saturated heterocycles. The van der Waals surface area contributed by atoms with Gasteiger partial charge < -0.3 is 14.5 Å². The van der Waals surface area contributed by atoms with E-state index in [-0.39, 0.29) is 6.61 Å². The summed E-state index contributed by atoms with van der Waals surface area (Å²) in [5.74, 6) is 0. The van der Waals surface area contributed by atoms with E-state index in [1.165, 1.54) is 19.3 Å². The molecule has 0 aliphatic rings. The molecule has 0 saturated carbocycles. The van der Waals surface area contributed by atoms with Gasteiger partial charge in [0.2, 0.25) is 0 Å². The Balaban J connectivity index is 0. The molecule has 5 nitrogen and oxygen atoms in total. The zero-order chi connectivity index (χ0) is 14.3. The van der Waals surface area contributed by atoms with E-state index >= 15 is 0 Å². The Labute approximate surface area is 111 Å². The molecule has 0 aliphatic heterocycles. The van der Waals surface area contributed by atoms with E-state index in [9.17, 15) is 4.57 Å². The van der Waals surface area contributed by atoms with Gasteiger partial charge in [0.25, 0.3) is 0 Å². The van der Waals surface area contributed by atoms with Crippen LogP contribution in [0.2, 0.25) is 0 Å². The molecule has 0 atom stereocenters. The molecular weight excluding hydrogens is 255 g/mol. The van der Waals surface area contributed by atoms with E-state index in [4.69, 9.17) is 14.5 Å². The average molecular weight is 284 g/mol. The third kappa shape index (κ3) is 25.1. The molecule has 0 radical (unpaired) electrons. The molecule has 0 spiro atoms. The second kappa shape index (κ2) is 15.1. The number of unbranched alkanes of at least 4 members (excludes halogenated alkanes) is 5. The van der Waals surface area contributed by atoms with Crippen LogP contribution in [-0.2, 0) is 13.8 Å². The summed E-state index contributed by atoms with van der Waals surface area (Å²) in [5, 5.41) is 0. The Bertz CT molecular complexity index is 191. The predicted molar refractivity (Wildman–Crippen MR) is 73.5 cm³/mol. The molecule has 0 aromatic rings. The van der Waals surface area contributed by atoms with Crippen molar-refractivity contribution in [1.82, 2.24) is 0 Å². The van der Waals surface area contributed by atoms with Gasteiger partial charge in [-0.15, -0.1) is 0 Å². The fourth-order valence-electron chi connectivity index (χ4n) is 1.27. The van der Waals surface area contributed by atoms with Crippen LogP contribution < -0.4 is 0 Å². The first kappa shape index (κ1) is 20.4. The van der Waals surface area contributed by atoms with Gasteiger partial charge in [0.05, 0.1) is 6.61 Å². The minimum absolute atomic E-state index is 0.163. The fourth-order valence-corrected chi connectivity index (χ4v) is 1.64. The number of phosphoric ester groups is 1. The van der Waals surface area contributed by atoms with Gasteiger partial charge in [-0.2, -0.15) is 0 Å². The average Bonchev–Trinajstić information content (AvgIpc) is 2.28. The van der Waals surface area contributed by atoms with Gasteiger partial charge in [0.15, 0.2) is 0 Å². The van der Waals surface area contributed by atoms with Crippen LogP contribution in [0.15, 0.2) is 0 Å². The first-order chi connectivity index (χ1) is 8.47. The molecule has 0 unspecified atom stereocenters. The zero-order valence-corrected chi connectivity index (χ0v) is 12.8. The summed E-state index contributed by atoms with van der Waals surface area (Å²) in [5.41, 5.74) is 0. The van der Waals surface area contributed by atoms with Crippen molar-refractivity contribution in [3.63, 3.8) is 0 Å². The van der Waals surface area contributed by atoms with Crippen molar-refractivity contribution >= 4 is 7.82 Å². The van der Waals surface area contributed by atoms with Crippen molar-refractivity contribution in [3.05, 3.63) is 0 Å². The highest BCUT2D eigenvalue weighted by molar-refractivity contribution is 7.46. The highest BCUT2D eigenvalue weighted by Crippen LogP contribution is 2.35.